The van der Waals surface area contributed by atoms with Gasteiger partial charge in [-0.3, -0.25) is 9.78 Å². The SMILES string of the molecule is O=C1Nc2ccncc2C1(c1ccc(O)cc1)c1ccc(O)cc1. The number of anilines is 1. The van der Waals surface area contributed by atoms with Gasteiger partial charge in [-0.05, 0) is 41.5 Å². The highest BCUT2D eigenvalue weighted by molar-refractivity contribution is 6.11. The summed E-state index contributed by atoms with van der Waals surface area (Å²) < 4.78 is 0. The van der Waals surface area contributed by atoms with Gasteiger partial charge in [0.1, 0.15) is 16.9 Å². The van der Waals surface area contributed by atoms with E-state index in [0.717, 1.165) is 16.7 Å². The zero-order chi connectivity index (χ0) is 16.7. The Morgan fingerprint density at radius 3 is 1.92 bits per heavy atom. The Balaban J connectivity index is 2.06. The summed E-state index contributed by atoms with van der Waals surface area (Å²) in [6.07, 6.45) is 3.30. The third-order valence-electron chi connectivity index (χ3n) is 4.41. The number of phenolic OH excluding ortho intramolecular Hbond substituents is 2. The largest absolute Gasteiger partial charge is 0.508 e. The average Bonchev–Trinajstić information content (AvgIpc) is 2.89. The maximum absolute atomic E-state index is 13.1. The summed E-state index contributed by atoms with van der Waals surface area (Å²) >= 11 is 0. The Hall–Kier alpha value is -3.34. The van der Waals surface area contributed by atoms with Gasteiger partial charge in [0.05, 0.1) is 0 Å². The molecule has 5 nitrogen and oxygen atoms in total. The summed E-state index contributed by atoms with van der Waals surface area (Å²) in [6.45, 7) is 0. The van der Waals surface area contributed by atoms with E-state index in [1.165, 1.54) is 0 Å². The van der Waals surface area contributed by atoms with Crippen LogP contribution in [-0.2, 0) is 10.2 Å². The topological polar surface area (TPSA) is 82.5 Å². The monoisotopic (exact) mass is 318 g/mol. The van der Waals surface area contributed by atoms with Gasteiger partial charge in [-0.2, -0.15) is 0 Å². The van der Waals surface area contributed by atoms with Crippen LogP contribution in [0.15, 0.2) is 67.0 Å². The molecule has 0 saturated heterocycles. The van der Waals surface area contributed by atoms with E-state index in [0.29, 0.717) is 5.69 Å². The first kappa shape index (κ1) is 14.3. The first-order valence-corrected chi connectivity index (χ1v) is 7.47. The van der Waals surface area contributed by atoms with Crippen molar-refractivity contribution in [2.75, 3.05) is 5.32 Å². The van der Waals surface area contributed by atoms with Crippen molar-refractivity contribution in [2.24, 2.45) is 0 Å². The Bertz CT molecular complexity index is 873. The number of nitrogens with one attached hydrogen (secondary N) is 1. The standard InChI is InChI=1S/C19H14N2O3/c22-14-5-1-12(2-6-14)19(13-3-7-15(23)8-4-13)16-11-20-10-9-17(16)21-18(19)24/h1-11,22-23H,(H,21,24). The van der Waals surface area contributed by atoms with Gasteiger partial charge in [-0.15, -0.1) is 0 Å². The van der Waals surface area contributed by atoms with Crippen molar-refractivity contribution in [1.29, 1.82) is 0 Å². The van der Waals surface area contributed by atoms with Gasteiger partial charge in [0, 0.05) is 23.6 Å². The molecule has 0 aliphatic carbocycles. The van der Waals surface area contributed by atoms with Crippen LogP contribution >= 0.6 is 0 Å². The molecular formula is C19H14N2O3. The lowest BCUT2D eigenvalue weighted by Crippen LogP contribution is -2.37. The molecule has 0 fully saturated rings. The Labute approximate surface area is 138 Å². The second-order valence-electron chi connectivity index (χ2n) is 5.72. The molecule has 4 rings (SSSR count). The van der Waals surface area contributed by atoms with Crippen molar-refractivity contribution in [3.8, 4) is 11.5 Å². The number of phenols is 2. The van der Waals surface area contributed by atoms with Crippen molar-refractivity contribution >= 4 is 11.6 Å². The molecule has 0 bridgehead atoms. The molecular weight excluding hydrogens is 304 g/mol. The number of aromatic nitrogens is 1. The van der Waals surface area contributed by atoms with Crippen molar-refractivity contribution in [3.63, 3.8) is 0 Å². The highest BCUT2D eigenvalue weighted by Gasteiger charge is 2.49. The van der Waals surface area contributed by atoms with Crippen molar-refractivity contribution in [2.45, 2.75) is 5.41 Å². The van der Waals surface area contributed by atoms with E-state index in [-0.39, 0.29) is 17.4 Å². The molecule has 0 atom stereocenters. The minimum absolute atomic E-state index is 0.129. The summed E-state index contributed by atoms with van der Waals surface area (Å²) in [7, 11) is 0. The molecule has 0 unspecified atom stereocenters. The fraction of sp³-hybridized carbons (Fsp3) is 0.0526. The number of carbonyl (C=O) groups excluding carboxylic acids is 1. The highest BCUT2D eigenvalue weighted by Crippen LogP contribution is 2.47. The molecule has 2 aromatic carbocycles. The van der Waals surface area contributed by atoms with Gasteiger partial charge in [0.15, 0.2) is 0 Å². The number of amides is 1. The smallest absolute Gasteiger partial charge is 0.244 e. The number of hydrogen-bond acceptors (Lipinski definition) is 4. The second kappa shape index (κ2) is 5.09. The maximum atomic E-state index is 13.1. The van der Waals surface area contributed by atoms with Gasteiger partial charge in [0.2, 0.25) is 5.91 Å². The molecule has 118 valence electrons. The van der Waals surface area contributed by atoms with Gasteiger partial charge >= 0.3 is 0 Å². The number of pyridine rings is 1. The quantitative estimate of drug-likeness (QED) is 0.678. The molecule has 0 saturated carbocycles. The van der Waals surface area contributed by atoms with Crippen LogP contribution in [0.4, 0.5) is 5.69 Å². The Morgan fingerprint density at radius 2 is 1.38 bits per heavy atom. The first-order valence-electron chi connectivity index (χ1n) is 7.47. The summed E-state index contributed by atoms with van der Waals surface area (Å²) in [5, 5.41) is 22.1. The molecule has 3 aromatic rings. The van der Waals surface area contributed by atoms with Crippen LogP contribution < -0.4 is 5.32 Å². The minimum Gasteiger partial charge on any atom is -0.508 e. The summed E-state index contributed by atoms with van der Waals surface area (Å²) in [4.78, 5) is 17.2. The van der Waals surface area contributed by atoms with E-state index < -0.39 is 5.41 Å². The van der Waals surface area contributed by atoms with Crippen LogP contribution in [0.1, 0.15) is 16.7 Å². The lowest BCUT2D eigenvalue weighted by molar-refractivity contribution is -0.118. The molecule has 1 aliphatic heterocycles. The number of hydrogen-bond donors (Lipinski definition) is 3. The highest BCUT2D eigenvalue weighted by atomic mass is 16.3. The van der Waals surface area contributed by atoms with Crippen LogP contribution in [0, 0.1) is 0 Å². The third kappa shape index (κ3) is 1.88. The molecule has 2 heterocycles. The fourth-order valence-electron chi connectivity index (χ4n) is 3.30. The summed E-state index contributed by atoms with van der Waals surface area (Å²) in [5.41, 5.74) is 1.80. The van der Waals surface area contributed by atoms with Crippen LogP contribution in [0.5, 0.6) is 11.5 Å². The molecule has 0 radical (unpaired) electrons. The van der Waals surface area contributed by atoms with E-state index >= 15 is 0 Å². The number of rotatable bonds is 2. The first-order chi connectivity index (χ1) is 11.6. The minimum atomic E-state index is -1.08. The van der Waals surface area contributed by atoms with Crippen LogP contribution in [-0.4, -0.2) is 21.1 Å². The van der Waals surface area contributed by atoms with E-state index in [9.17, 15) is 15.0 Å². The predicted molar refractivity (Wildman–Crippen MR) is 89.0 cm³/mol. The zero-order valence-electron chi connectivity index (χ0n) is 12.6. The summed E-state index contributed by atoms with van der Waals surface area (Å²) in [6, 6.07) is 14.9. The van der Waals surface area contributed by atoms with E-state index in [4.69, 9.17) is 0 Å². The molecule has 1 aromatic heterocycles. The number of carbonyl (C=O) groups is 1. The van der Waals surface area contributed by atoms with Crippen LogP contribution in [0.2, 0.25) is 0 Å². The summed E-state index contributed by atoms with van der Waals surface area (Å²) in [5.74, 6) is 0.0655. The predicted octanol–water partition coefficient (Wildman–Crippen LogP) is 2.78. The van der Waals surface area contributed by atoms with Crippen molar-refractivity contribution in [1.82, 2.24) is 4.98 Å². The Morgan fingerprint density at radius 1 is 0.833 bits per heavy atom. The number of aromatic hydroxyl groups is 2. The normalized spacial score (nSPS) is 14.9. The fourth-order valence-corrected chi connectivity index (χ4v) is 3.30. The van der Waals surface area contributed by atoms with E-state index in [1.807, 2.05) is 0 Å². The van der Waals surface area contributed by atoms with Gasteiger partial charge in [-0.1, -0.05) is 24.3 Å². The van der Waals surface area contributed by atoms with Gasteiger partial charge < -0.3 is 15.5 Å². The second-order valence-corrected chi connectivity index (χ2v) is 5.72. The molecule has 24 heavy (non-hydrogen) atoms. The van der Waals surface area contributed by atoms with Crippen molar-refractivity contribution in [3.05, 3.63) is 83.7 Å². The van der Waals surface area contributed by atoms with E-state index in [1.54, 1.807) is 67.0 Å². The molecule has 0 spiro atoms. The molecule has 3 N–H and O–H groups in total. The lowest BCUT2D eigenvalue weighted by atomic mass is 9.70. The molecule has 1 aliphatic rings. The zero-order valence-corrected chi connectivity index (χ0v) is 12.6. The number of nitrogens with zero attached hydrogens (tertiary/aromatic N) is 1. The molecule has 1 amide bonds. The maximum Gasteiger partial charge on any atom is 0.244 e. The molecule has 5 heteroatoms. The third-order valence-corrected chi connectivity index (χ3v) is 4.41. The van der Waals surface area contributed by atoms with Crippen molar-refractivity contribution < 1.29 is 15.0 Å². The number of benzene rings is 2. The van der Waals surface area contributed by atoms with Crippen LogP contribution in [0.25, 0.3) is 0 Å². The average molecular weight is 318 g/mol. The van der Waals surface area contributed by atoms with Crippen LogP contribution in [0.3, 0.4) is 0 Å². The lowest BCUT2D eigenvalue weighted by Gasteiger charge is -2.28. The Kier molecular flexibility index (Phi) is 3.03. The van der Waals surface area contributed by atoms with E-state index in [2.05, 4.69) is 10.3 Å². The van der Waals surface area contributed by atoms with Gasteiger partial charge in [-0.25, -0.2) is 0 Å². The number of fused-ring (bicyclic) bond motifs is 1. The van der Waals surface area contributed by atoms with Gasteiger partial charge in [0.25, 0.3) is 0 Å².